The number of aromatic nitrogens is 1. The Morgan fingerprint density at radius 3 is 2.50 bits per heavy atom. The Kier molecular flexibility index (Phi) is 3.32. The van der Waals surface area contributed by atoms with E-state index in [0.29, 0.717) is 12.5 Å². The summed E-state index contributed by atoms with van der Waals surface area (Å²) in [5.74, 6) is 2.34. The van der Waals surface area contributed by atoms with Gasteiger partial charge < -0.3 is 10.6 Å². The van der Waals surface area contributed by atoms with Crippen molar-refractivity contribution in [2.45, 2.75) is 45.6 Å². The summed E-state index contributed by atoms with van der Waals surface area (Å²) >= 11 is 1.81. The Balaban J connectivity index is 1.80. The minimum absolute atomic E-state index is 0.482. The molecule has 3 nitrogen and oxygen atoms in total. The van der Waals surface area contributed by atoms with Crippen LogP contribution in [0.5, 0.6) is 0 Å². The summed E-state index contributed by atoms with van der Waals surface area (Å²) in [5, 5.41) is 1.22. The first-order valence-corrected chi connectivity index (χ1v) is 7.95. The fourth-order valence-electron chi connectivity index (χ4n) is 3.47. The van der Waals surface area contributed by atoms with Crippen molar-refractivity contribution in [1.29, 1.82) is 0 Å². The van der Waals surface area contributed by atoms with Gasteiger partial charge in [-0.05, 0) is 30.6 Å². The van der Waals surface area contributed by atoms with E-state index in [-0.39, 0.29) is 0 Å². The van der Waals surface area contributed by atoms with Crippen molar-refractivity contribution in [2.24, 2.45) is 17.6 Å². The highest BCUT2D eigenvalue weighted by Gasteiger charge is 2.37. The molecule has 2 atom stereocenters. The fraction of sp³-hybridized carbons (Fsp3) is 0.786. The summed E-state index contributed by atoms with van der Waals surface area (Å²) in [6.45, 7) is 7.48. The smallest absolute Gasteiger partial charge is 0.185 e. The third kappa shape index (κ3) is 2.05. The summed E-state index contributed by atoms with van der Waals surface area (Å²) in [7, 11) is 0. The number of rotatable bonds is 3. The molecule has 0 amide bonds. The Morgan fingerprint density at radius 2 is 2.00 bits per heavy atom. The standard InChI is InChI=1S/C14H23N3S/c1-9(2)13-12(6-15)18-14(16-13)17-7-10-4-3-5-11(10)8-17/h9-11H,3-8,15H2,1-2H3. The molecule has 0 radical (unpaired) electrons. The van der Waals surface area contributed by atoms with Crippen molar-refractivity contribution in [1.82, 2.24) is 4.98 Å². The van der Waals surface area contributed by atoms with Gasteiger partial charge in [-0.15, -0.1) is 11.3 Å². The molecule has 2 fully saturated rings. The summed E-state index contributed by atoms with van der Waals surface area (Å²) in [6.07, 6.45) is 4.28. The van der Waals surface area contributed by atoms with E-state index in [0.717, 1.165) is 11.8 Å². The average molecular weight is 265 g/mol. The van der Waals surface area contributed by atoms with E-state index in [9.17, 15) is 0 Å². The van der Waals surface area contributed by atoms with Crippen LogP contribution >= 0.6 is 11.3 Å². The van der Waals surface area contributed by atoms with Crippen molar-refractivity contribution in [3.8, 4) is 0 Å². The lowest BCUT2D eigenvalue weighted by Gasteiger charge is -2.15. The molecule has 0 bridgehead atoms. The maximum Gasteiger partial charge on any atom is 0.185 e. The van der Waals surface area contributed by atoms with Crippen LogP contribution in [-0.2, 0) is 6.54 Å². The second-order valence-corrected chi connectivity index (χ2v) is 7.08. The molecule has 1 aliphatic heterocycles. The largest absolute Gasteiger partial charge is 0.348 e. The number of hydrogen-bond acceptors (Lipinski definition) is 4. The van der Waals surface area contributed by atoms with E-state index in [1.807, 2.05) is 11.3 Å². The van der Waals surface area contributed by atoms with Crippen molar-refractivity contribution >= 4 is 16.5 Å². The minimum atomic E-state index is 0.482. The van der Waals surface area contributed by atoms with Crippen LogP contribution in [0.1, 0.15) is 49.6 Å². The molecule has 1 aromatic heterocycles. The van der Waals surface area contributed by atoms with Gasteiger partial charge in [0.05, 0.1) is 5.69 Å². The SMILES string of the molecule is CC(C)c1nc(N2CC3CCCC3C2)sc1CN. The van der Waals surface area contributed by atoms with Crippen molar-refractivity contribution in [3.63, 3.8) is 0 Å². The molecule has 1 saturated heterocycles. The molecule has 2 unspecified atom stereocenters. The van der Waals surface area contributed by atoms with E-state index in [2.05, 4.69) is 18.7 Å². The molecule has 18 heavy (non-hydrogen) atoms. The topological polar surface area (TPSA) is 42.2 Å². The number of fused-ring (bicyclic) bond motifs is 1. The monoisotopic (exact) mass is 265 g/mol. The first kappa shape index (κ1) is 12.4. The zero-order chi connectivity index (χ0) is 12.7. The lowest BCUT2D eigenvalue weighted by atomic mass is 10.0. The van der Waals surface area contributed by atoms with Crippen molar-refractivity contribution in [2.75, 3.05) is 18.0 Å². The molecular weight excluding hydrogens is 242 g/mol. The van der Waals surface area contributed by atoms with E-state index < -0.39 is 0 Å². The van der Waals surface area contributed by atoms with Crippen LogP contribution in [-0.4, -0.2) is 18.1 Å². The van der Waals surface area contributed by atoms with Crippen LogP contribution in [0.4, 0.5) is 5.13 Å². The molecular formula is C14H23N3S. The normalized spacial score (nSPS) is 27.2. The first-order valence-electron chi connectivity index (χ1n) is 7.13. The molecule has 1 aromatic rings. The molecule has 1 saturated carbocycles. The van der Waals surface area contributed by atoms with Gasteiger partial charge >= 0.3 is 0 Å². The quantitative estimate of drug-likeness (QED) is 0.913. The average Bonchev–Trinajstić information content (AvgIpc) is 3.01. The van der Waals surface area contributed by atoms with Gasteiger partial charge in [0.1, 0.15) is 0 Å². The fourth-order valence-corrected chi connectivity index (χ4v) is 4.59. The second-order valence-electron chi connectivity index (χ2n) is 6.02. The number of hydrogen-bond donors (Lipinski definition) is 1. The van der Waals surface area contributed by atoms with Gasteiger partial charge in [-0.3, -0.25) is 0 Å². The molecule has 2 aliphatic rings. The highest BCUT2D eigenvalue weighted by molar-refractivity contribution is 7.15. The Labute approximate surface area is 113 Å². The number of anilines is 1. The molecule has 1 aliphatic carbocycles. The summed E-state index contributed by atoms with van der Waals surface area (Å²) in [4.78, 5) is 8.63. The lowest BCUT2D eigenvalue weighted by molar-refractivity contribution is 0.494. The molecule has 4 heteroatoms. The van der Waals surface area contributed by atoms with Gasteiger partial charge in [0, 0.05) is 24.5 Å². The number of nitrogens with two attached hydrogens (primary N) is 1. The lowest BCUT2D eigenvalue weighted by Crippen LogP contribution is -2.20. The minimum Gasteiger partial charge on any atom is -0.348 e. The molecule has 2 N–H and O–H groups in total. The number of nitrogens with zero attached hydrogens (tertiary/aromatic N) is 2. The van der Waals surface area contributed by atoms with Crippen LogP contribution in [0, 0.1) is 11.8 Å². The van der Waals surface area contributed by atoms with Gasteiger partial charge in [-0.1, -0.05) is 20.3 Å². The van der Waals surface area contributed by atoms with Crippen LogP contribution in [0.15, 0.2) is 0 Å². The predicted octanol–water partition coefficient (Wildman–Crippen LogP) is 2.96. The third-order valence-electron chi connectivity index (χ3n) is 4.45. The maximum absolute atomic E-state index is 5.84. The Morgan fingerprint density at radius 1 is 1.33 bits per heavy atom. The van der Waals surface area contributed by atoms with Gasteiger partial charge in [0.2, 0.25) is 0 Å². The molecule has 100 valence electrons. The summed E-state index contributed by atoms with van der Waals surface area (Å²) in [5.41, 5.74) is 7.06. The zero-order valence-electron chi connectivity index (χ0n) is 11.4. The Hall–Kier alpha value is -0.610. The molecule has 2 heterocycles. The van der Waals surface area contributed by atoms with Crippen LogP contribution in [0.3, 0.4) is 0 Å². The van der Waals surface area contributed by atoms with E-state index in [1.165, 1.54) is 48.1 Å². The van der Waals surface area contributed by atoms with E-state index in [4.69, 9.17) is 10.7 Å². The summed E-state index contributed by atoms with van der Waals surface area (Å²) in [6, 6.07) is 0. The summed E-state index contributed by atoms with van der Waals surface area (Å²) < 4.78 is 0. The first-order chi connectivity index (χ1) is 8.69. The number of thiazole rings is 1. The van der Waals surface area contributed by atoms with Gasteiger partial charge in [-0.2, -0.15) is 0 Å². The van der Waals surface area contributed by atoms with Crippen LogP contribution in [0.25, 0.3) is 0 Å². The Bertz CT molecular complexity index is 415. The van der Waals surface area contributed by atoms with E-state index in [1.54, 1.807) is 0 Å². The van der Waals surface area contributed by atoms with Crippen LogP contribution in [0.2, 0.25) is 0 Å². The van der Waals surface area contributed by atoms with Crippen molar-refractivity contribution in [3.05, 3.63) is 10.6 Å². The second kappa shape index (κ2) is 4.82. The van der Waals surface area contributed by atoms with Crippen molar-refractivity contribution < 1.29 is 0 Å². The predicted molar refractivity (Wildman–Crippen MR) is 77.1 cm³/mol. The molecule has 0 aromatic carbocycles. The van der Waals surface area contributed by atoms with Gasteiger partial charge in [-0.25, -0.2) is 4.98 Å². The third-order valence-corrected chi connectivity index (χ3v) is 5.60. The van der Waals surface area contributed by atoms with Gasteiger partial charge in [0.25, 0.3) is 0 Å². The molecule has 0 spiro atoms. The highest BCUT2D eigenvalue weighted by Crippen LogP contribution is 2.41. The van der Waals surface area contributed by atoms with Crippen LogP contribution < -0.4 is 10.6 Å². The van der Waals surface area contributed by atoms with Gasteiger partial charge in [0.15, 0.2) is 5.13 Å². The van der Waals surface area contributed by atoms with E-state index >= 15 is 0 Å². The highest BCUT2D eigenvalue weighted by atomic mass is 32.1. The maximum atomic E-state index is 5.84. The molecule has 3 rings (SSSR count). The zero-order valence-corrected chi connectivity index (χ0v) is 12.2.